The van der Waals surface area contributed by atoms with Gasteiger partial charge in [0.1, 0.15) is 5.15 Å². The monoisotopic (exact) mass is 246 g/mol. The summed E-state index contributed by atoms with van der Waals surface area (Å²) in [5.41, 5.74) is 5.64. The molecule has 3 heteroatoms. The lowest BCUT2D eigenvalue weighted by atomic mass is 10.0. The van der Waals surface area contributed by atoms with Gasteiger partial charge in [-0.2, -0.15) is 0 Å². The first-order chi connectivity index (χ1) is 7.97. The zero-order chi connectivity index (χ0) is 12.6. The summed E-state index contributed by atoms with van der Waals surface area (Å²) in [4.78, 5) is 8.73. The first-order valence-corrected chi connectivity index (χ1v) is 5.94. The van der Waals surface area contributed by atoms with Gasteiger partial charge in [-0.3, -0.25) is 0 Å². The molecule has 1 aromatic heterocycles. The average molecular weight is 247 g/mol. The molecule has 0 amide bonds. The van der Waals surface area contributed by atoms with Crippen LogP contribution in [-0.4, -0.2) is 9.97 Å². The van der Waals surface area contributed by atoms with Gasteiger partial charge in [-0.25, -0.2) is 9.97 Å². The summed E-state index contributed by atoms with van der Waals surface area (Å²) >= 11 is 5.97. The molecule has 88 valence electrons. The highest BCUT2D eigenvalue weighted by atomic mass is 35.5. The fourth-order valence-corrected chi connectivity index (χ4v) is 2.09. The zero-order valence-electron chi connectivity index (χ0n) is 10.5. The number of aryl methyl sites for hydroxylation is 4. The van der Waals surface area contributed by atoms with Gasteiger partial charge < -0.3 is 0 Å². The minimum atomic E-state index is 0.491. The minimum absolute atomic E-state index is 0.491. The Morgan fingerprint density at radius 3 is 2.12 bits per heavy atom. The van der Waals surface area contributed by atoms with Crippen molar-refractivity contribution in [1.82, 2.24) is 9.97 Å². The Kier molecular flexibility index (Phi) is 3.16. The molecule has 0 spiro atoms. The van der Waals surface area contributed by atoms with E-state index < -0.39 is 0 Å². The summed E-state index contributed by atoms with van der Waals surface area (Å²) in [5.74, 6) is 0.704. The van der Waals surface area contributed by atoms with Gasteiger partial charge in [-0.15, -0.1) is 0 Å². The fourth-order valence-electron chi connectivity index (χ4n) is 1.85. The van der Waals surface area contributed by atoms with E-state index in [0.717, 1.165) is 11.3 Å². The summed E-state index contributed by atoms with van der Waals surface area (Å²) in [6, 6.07) is 6.04. The molecule has 0 aliphatic rings. The summed E-state index contributed by atoms with van der Waals surface area (Å²) < 4.78 is 0. The average Bonchev–Trinajstić information content (AvgIpc) is 2.22. The van der Waals surface area contributed by atoms with E-state index in [2.05, 4.69) is 42.9 Å². The van der Waals surface area contributed by atoms with Crippen molar-refractivity contribution in [2.45, 2.75) is 27.7 Å². The van der Waals surface area contributed by atoms with Crippen LogP contribution in [-0.2, 0) is 0 Å². The van der Waals surface area contributed by atoms with Crippen LogP contribution in [0.15, 0.2) is 18.2 Å². The Hall–Kier alpha value is -1.41. The Balaban J connectivity index is 2.64. The molecule has 0 bridgehead atoms. The second kappa shape index (κ2) is 4.46. The van der Waals surface area contributed by atoms with E-state index in [4.69, 9.17) is 11.6 Å². The number of hydrogen-bond donors (Lipinski definition) is 0. The Morgan fingerprint density at radius 2 is 1.47 bits per heavy atom. The van der Waals surface area contributed by atoms with Crippen molar-refractivity contribution >= 4 is 11.6 Å². The van der Waals surface area contributed by atoms with E-state index in [-0.39, 0.29) is 0 Å². The molecule has 0 saturated carbocycles. The summed E-state index contributed by atoms with van der Waals surface area (Å²) in [6.07, 6.45) is 0. The normalized spacial score (nSPS) is 10.6. The molecule has 1 aromatic carbocycles. The van der Waals surface area contributed by atoms with Crippen molar-refractivity contribution in [3.05, 3.63) is 45.7 Å². The second-order valence-corrected chi connectivity index (χ2v) is 4.79. The maximum atomic E-state index is 5.97. The smallest absolute Gasteiger partial charge is 0.161 e. The number of nitrogens with zero attached hydrogens (tertiary/aromatic N) is 2. The standard InChI is InChI=1S/C14H15ClN2/c1-8-5-10(3)12(6-9(8)2)14-16-11(4)7-13(15)17-14/h5-7H,1-4H3. The van der Waals surface area contributed by atoms with Crippen molar-refractivity contribution in [1.29, 1.82) is 0 Å². The molecule has 0 radical (unpaired) electrons. The number of halogens is 1. The van der Waals surface area contributed by atoms with Crippen LogP contribution in [0.2, 0.25) is 5.15 Å². The van der Waals surface area contributed by atoms with Crippen LogP contribution in [0.3, 0.4) is 0 Å². The van der Waals surface area contributed by atoms with Crippen LogP contribution in [0.5, 0.6) is 0 Å². The van der Waals surface area contributed by atoms with Gasteiger partial charge in [0, 0.05) is 11.3 Å². The van der Waals surface area contributed by atoms with Crippen LogP contribution < -0.4 is 0 Å². The quantitative estimate of drug-likeness (QED) is 0.710. The molecule has 2 rings (SSSR count). The van der Waals surface area contributed by atoms with Gasteiger partial charge >= 0.3 is 0 Å². The maximum absolute atomic E-state index is 5.97. The van der Waals surface area contributed by atoms with Crippen LogP contribution >= 0.6 is 11.6 Å². The Bertz CT molecular complexity index is 556. The highest BCUT2D eigenvalue weighted by Gasteiger charge is 2.08. The van der Waals surface area contributed by atoms with Crippen molar-refractivity contribution in [2.75, 3.05) is 0 Å². The van der Waals surface area contributed by atoms with Crippen LogP contribution in [0.25, 0.3) is 11.4 Å². The van der Waals surface area contributed by atoms with E-state index in [9.17, 15) is 0 Å². The lowest BCUT2D eigenvalue weighted by molar-refractivity contribution is 1.10. The van der Waals surface area contributed by atoms with Gasteiger partial charge in [0.2, 0.25) is 0 Å². The topological polar surface area (TPSA) is 25.8 Å². The number of benzene rings is 1. The molecule has 17 heavy (non-hydrogen) atoms. The predicted octanol–water partition coefficient (Wildman–Crippen LogP) is 4.03. The van der Waals surface area contributed by atoms with E-state index >= 15 is 0 Å². The van der Waals surface area contributed by atoms with Gasteiger partial charge in [-0.1, -0.05) is 17.7 Å². The van der Waals surface area contributed by atoms with Crippen molar-refractivity contribution in [2.24, 2.45) is 0 Å². The third kappa shape index (κ3) is 2.47. The van der Waals surface area contributed by atoms with Gasteiger partial charge in [-0.05, 0) is 56.5 Å². The van der Waals surface area contributed by atoms with Crippen LogP contribution in [0.4, 0.5) is 0 Å². The minimum Gasteiger partial charge on any atom is -0.233 e. The number of rotatable bonds is 1. The van der Waals surface area contributed by atoms with Crippen molar-refractivity contribution in [3.8, 4) is 11.4 Å². The number of aromatic nitrogens is 2. The zero-order valence-corrected chi connectivity index (χ0v) is 11.3. The number of hydrogen-bond acceptors (Lipinski definition) is 2. The van der Waals surface area contributed by atoms with E-state index in [0.29, 0.717) is 11.0 Å². The molecule has 0 saturated heterocycles. The molecule has 0 aliphatic carbocycles. The first-order valence-electron chi connectivity index (χ1n) is 5.57. The molecule has 0 atom stereocenters. The lowest BCUT2D eigenvalue weighted by Crippen LogP contribution is -1.96. The molecular formula is C14H15ClN2. The summed E-state index contributed by atoms with van der Waals surface area (Å²) in [5, 5.41) is 0.491. The Morgan fingerprint density at radius 1 is 0.824 bits per heavy atom. The molecule has 0 fully saturated rings. The third-order valence-corrected chi connectivity index (χ3v) is 3.10. The summed E-state index contributed by atoms with van der Waals surface area (Å²) in [7, 11) is 0. The molecule has 0 aliphatic heterocycles. The van der Waals surface area contributed by atoms with Gasteiger partial charge in [0.25, 0.3) is 0 Å². The summed E-state index contributed by atoms with van der Waals surface area (Å²) in [6.45, 7) is 8.20. The van der Waals surface area contributed by atoms with E-state index in [1.54, 1.807) is 6.07 Å². The van der Waals surface area contributed by atoms with Crippen LogP contribution in [0, 0.1) is 27.7 Å². The lowest BCUT2D eigenvalue weighted by Gasteiger charge is -2.09. The van der Waals surface area contributed by atoms with Crippen molar-refractivity contribution in [3.63, 3.8) is 0 Å². The fraction of sp³-hybridized carbons (Fsp3) is 0.286. The highest BCUT2D eigenvalue weighted by Crippen LogP contribution is 2.24. The Labute approximate surface area is 107 Å². The van der Waals surface area contributed by atoms with E-state index in [1.807, 2.05) is 6.92 Å². The van der Waals surface area contributed by atoms with Crippen molar-refractivity contribution < 1.29 is 0 Å². The first kappa shape index (κ1) is 12.1. The molecular weight excluding hydrogens is 232 g/mol. The second-order valence-electron chi connectivity index (χ2n) is 4.41. The molecule has 1 heterocycles. The molecule has 0 N–H and O–H groups in total. The third-order valence-electron chi connectivity index (χ3n) is 2.90. The predicted molar refractivity (Wildman–Crippen MR) is 71.4 cm³/mol. The van der Waals surface area contributed by atoms with Crippen LogP contribution in [0.1, 0.15) is 22.4 Å². The highest BCUT2D eigenvalue weighted by molar-refractivity contribution is 6.29. The molecule has 0 unspecified atom stereocenters. The van der Waals surface area contributed by atoms with Gasteiger partial charge in [0.05, 0.1) is 0 Å². The van der Waals surface area contributed by atoms with Gasteiger partial charge in [0.15, 0.2) is 5.82 Å². The largest absolute Gasteiger partial charge is 0.233 e. The molecule has 2 aromatic rings. The molecule has 2 nitrogen and oxygen atoms in total. The van der Waals surface area contributed by atoms with E-state index in [1.165, 1.54) is 16.7 Å². The SMILES string of the molecule is Cc1cc(Cl)nc(-c2cc(C)c(C)cc2C)n1. The maximum Gasteiger partial charge on any atom is 0.161 e.